The Labute approximate surface area is 277 Å². The second-order valence-electron chi connectivity index (χ2n) is 11.9. The van der Waals surface area contributed by atoms with Crippen molar-refractivity contribution >= 4 is 11.6 Å². The van der Waals surface area contributed by atoms with Gasteiger partial charge in [0.25, 0.3) is 0 Å². The smallest absolute Gasteiger partial charge is 0.189 e. The minimum Gasteiger partial charge on any atom is -0.512 e. The summed E-state index contributed by atoms with van der Waals surface area (Å²) in [6.45, 7) is 3.06. The molecule has 0 aliphatic heterocycles. The molecular formula is C40H40CuO4. The molecule has 0 fully saturated rings. The van der Waals surface area contributed by atoms with Crippen LogP contribution in [-0.2, 0) is 68.4 Å². The number of aliphatic hydroxyl groups excluding tert-OH is 2. The van der Waals surface area contributed by atoms with Crippen LogP contribution in [0, 0.1) is 0 Å². The maximum atomic E-state index is 12.4. The van der Waals surface area contributed by atoms with Crippen molar-refractivity contribution in [2.75, 3.05) is 0 Å². The van der Waals surface area contributed by atoms with Crippen LogP contribution in [0.2, 0.25) is 0 Å². The molecule has 0 saturated carbocycles. The van der Waals surface area contributed by atoms with E-state index in [1.54, 1.807) is 0 Å². The molecule has 0 heterocycles. The first-order chi connectivity index (χ1) is 21.2. The van der Waals surface area contributed by atoms with Gasteiger partial charge >= 0.3 is 0 Å². The van der Waals surface area contributed by atoms with Gasteiger partial charge in [-0.05, 0) is 122 Å². The van der Waals surface area contributed by atoms with Crippen molar-refractivity contribution in [2.45, 2.75) is 65.2 Å². The molecule has 0 amide bonds. The van der Waals surface area contributed by atoms with Gasteiger partial charge in [-0.2, -0.15) is 0 Å². The van der Waals surface area contributed by atoms with E-state index in [0.29, 0.717) is 0 Å². The predicted molar refractivity (Wildman–Crippen MR) is 177 cm³/mol. The van der Waals surface area contributed by atoms with Crippen LogP contribution >= 0.6 is 0 Å². The van der Waals surface area contributed by atoms with Gasteiger partial charge in [-0.3, -0.25) is 9.59 Å². The van der Waals surface area contributed by atoms with Gasteiger partial charge in [0.2, 0.25) is 0 Å². The summed E-state index contributed by atoms with van der Waals surface area (Å²) in [6.07, 6.45) is 9.90. The molecule has 0 atom stereocenters. The fourth-order valence-corrected chi connectivity index (χ4v) is 5.87. The Morgan fingerprint density at radius 3 is 1.04 bits per heavy atom. The fourth-order valence-electron chi connectivity index (χ4n) is 5.87. The van der Waals surface area contributed by atoms with E-state index in [2.05, 4.69) is 72.8 Å². The van der Waals surface area contributed by atoms with Gasteiger partial charge in [0, 0.05) is 40.3 Å². The van der Waals surface area contributed by atoms with E-state index in [4.69, 9.17) is 0 Å². The quantitative estimate of drug-likeness (QED) is 0.101. The number of aliphatic hydroxyl groups is 2. The molecule has 12 rings (SSSR count). The largest absolute Gasteiger partial charge is 0.512 e. The van der Waals surface area contributed by atoms with Crippen molar-refractivity contribution in [3.05, 3.63) is 164 Å². The van der Waals surface area contributed by atoms with E-state index in [0.717, 1.165) is 73.6 Å². The monoisotopic (exact) mass is 647 g/mol. The standard InChI is InChI=1S/2C20H20O2.Cu/c2*1-14(21)12-20(22)19-13-17-7-6-15-2-4-16(5-3-15)8-10-18(19)11-9-17;/h2*2-5,9,11-13,21H,6-8,10H2,1H3;/b2*14-12-;. The van der Waals surface area contributed by atoms with Gasteiger partial charge in [0.05, 0.1) is 11.5 Å². The van der Waals surface area contributed by atoms with Crippen LogP contribution in [0.4, 0.5) is 0 Å². The third-order valence-corrected chi connectivity index (χ3v) is 8.38. The Bertz CT molecular complexity index is 1580. The SMILES string of the molecule is C/C(O)=C/C(=O)c1cc2ccc1CCc1ccc(cc1)CC2.C/C(O)=C/C(=O)c1cc2ccc1CCc1ccc(cc1)CC2.[Cu]. The first-order valence-electron chi connectivity index (χ1n) is 15.5. The summed E-state index contributed by atoms with van der Waals surface area (Å²) in [4.78, 5) is 24.7. The number of hydrogen-bond acceptors (Lipinski definition) is 4. The molecular weight excluding hydrogens is 608 g/mol. The Morgan fingerprint density at radius 1 is 0.467 bits per heavy atom. The molecule has 0 saturated heterocycles. The zero-order chi connectivity index (χ0) is 31.1. The van der Waals surface area contributed by atoms with Crippen LogP contribution in [-0.4, -0.2) is 21.8 Å². The van der Waals surface area contributed by atoms with Crippen LogP contribution in [0.5, 0.6) is 0 Å². The van der Waals surface area contributed by atoms with Crippen molar-refractivity contribution in [1.82, 2.24) is 0 Å². The van der Waals surface area contributed by atoms with E-state index >= 15 is 0 Å². The van der Waals surface area contributed by atoms with Gasteiger partial charge in [-0.25, -0.2) is 0 Å². The topological polar surface area (TPSA) is 74.6 Å². The van der Waals surface area contributed by atoms with E-state index < -0.39 is 0 Å². The summed E-state index contributed by atoms with van der Waals surface area (Å²) in [5, 5.41) is 18.7. The number of aryl methyl sites for hydroxylation is 8. The van der Waals surface area contributed by atoms with Gasteiger partial charge in [0.15, 0.2) is 11.6 Å². The van der Waals surface area contributed by atoms with Crippen LogP contribution in [0.1, 0.15) is 79.1 Å². The summed E-state index contributed by atoms with van der Waals surface area (Å²) >= 11 is 0. The Hall–Kier alpha value is -4.18. The molecule has 235 valence electrons. The van der Waals surface area contributed by atoms with Crippen molar-refractivity contribution in [1.29, 1.82) is 0 Å². The zero-order valence-corrected chi connectivity index (χ0v) is 26.8. The molecule has 8 aliphatic rings. The van der Waals surface area contributed by atoms with E-state index in [1.807, 2.05) is 12.1 Å². The van der Waals surface area contributed by atoms with E-state index in [9.17, 15) is 19.8 Å². The summed E-state index contributed by atoms with van der Waals surface area (Å²) in [7, 11) is 0. The Balaban J connectivity index is 0.000000200. The molecule has 8 aliphatic carbocycles. The molecule has 2 N–H and O–H groups in total. The van der Waals surface area contributed by atoms with E-state index in [1.165, 1.54) is 59.4 Å². The molecule has 0 unspecified atom stereocenters. The number of allylic oxidation sites excluding steroid dienone is 4. The maximum absolute atomic E-state index is 12.4. The Morgan fingerprint density at radius 2 is 0.733 bits per heavy atom. The zero-order valence-electron chi connectivity index (χ0n) is 25.9. The number of ketones is 2. The minimum atomic E-state index is -0.109. The molecule has 5 heteroatoms. The molecule has 4 aromatic carbocycles. The number of carbonyl (C=O) groups excluding carboxylic acids is 2. The molecule has 4 aromatic rings. The second-order valence-corrected chi connectivity index (χ2v) is 11.9. The van der Waals surface area contributed by atoms with E-state index in [-0.39, 0.29) is 40.2 Å². The summed E-state index contributed by atoms with van der Waals surface area (Å²) in [6, 6.07) is 29.9. The van der Waals surface area contributed by atoms with Crippen molar-refractivity contribution in [3.8, 4) is 0 Å². The molecule has 1 radical (unpaired) electrons. The summed E-state index contributed by atoms with van der Waals surface area (Å²) < 4.78 is 0. The molecule has 4 nitrogen and oxygen atoms in total. The first-order valence-corrected chi connectivity index (χ1v) is 15.5. The molecule has 0 spiro atoms. The third-order valence-electron chi connectivity index (χ3n) is 8.38. The van der Waals surface area contributed by atoms with Gasteiger partial charge in [0.1, 0.15) is 0 Å². The van der Waals surface area contributed by atoms with Crippen LogP contribution in [0.15, 0.2) is 109 Å². The summed E-state index contributed by atoms with van der Waals surface area (Å²) in [5.74, 6) is -0.111. The second kappa shape index (κ2) is 15.7. The molecule has 45 heavy (non-hydrogen) atoms. The molecule has 0 aromatic heterocycles. The minimum absolute atomic E-state index is 0. The van der Waals surface area contributed by atoms with Gasteiger partial charge in [-0.15, -0.1) is 0 Å². The maximum Gasteiger partial charge on any atom is 0.189 e. The third kappa shape index (κ3) is 9.40. The number of hydrogen-bond donors (Lipinski definition) is 2. The van der Waals surface area contributed by atoms with Crippen molar-refractivity contribution in [2.24, 2.45) is 0 Å². The predicted octanol–water partition coefficient (Wildman–Crippen LogP) is 8.43. The normalized spacial score (nSPS) is 14.2. The van der Waals surface area contributed by atoms with Crippen molar-refractivity contribution < 1.29 is 36.9 Å². The van der Waals surface area contributed by atoms with Crippen LogP contribution in [0.3, 0.4) is 0 Å². The Kier molecular flexibility index (Phi) is 11.8. The number of rotatable bonds is 4. The summed E-state index contributed by atoms with van der Waals surface area (Å²) in [5.41, 5.74) is 11.1. The molecule has 8 bridgehead atoms. The van der Waals surface area contributed by atoms with Gasteiger partial charge in [-0.1, -0.05) is 72.8 Å². The van der Waals surface area contributed by atoms with Crippen molar-refractivity contribution in [3.63, 3.8) is 0 Å². The van der Waals surface area contributed by atoms with Crippen LogP contribution < -0.4 is 0 Å². The number of carbonyl (C=O) groups is 2. The van der Waals surface area contributed by atoms with Gasteiger partial charge < -0.3 is 10.2 Å². The average Bonchev–Trinajstić information content (AvgIpc) is 2.99. The fraction of sp³-hybridized carbons (Fsp3) is 0.250. The van der Waals surface area contributed by atoms with Crippen LogP contribution in [0.25, 0.3) is 0 Å². The first kappa shape index (κ1) is 33.7. The average molecular weight is 648 g/mol. The number of benzene rings is 4.